The molecule has 0 aliphatic heterocycles. The van der Waals surface area contributed by atoms with Crippen LogP contribution in [0, 0.1) is 18.7 Å². The Morgan fingerprint density at radius 2 is 2.05 bits per heavy atom. The molecule has 1 atom stereocenters. The zero-order valence-corrected chi connectivity index (χ0v) is 12.5. The van der Waals surface area contributed by atoms with E-state index >= 15 is 0 Å². The first kappa shape index (κ1) is 15.6. The van der Waals surface area contributed by atoms with Crippen molar-refractivity contribution in [3.8, 4) is 0 Å². The van der Waals surface area contributed by atoms with Crippen LogP contribution in [-0.4, -0.2) is 35.5 Å². The number of halogens is 2. The number of benzene rings is 1. The molecule has 0 heterocycles. The van der Waals surface area contributed by atoms with Crippen LogP contribution in [0.2, 0.25) is 0 Å². The maximum atomic E-state index is 13.7. The Balaban J connectivity index is 3.01. The molecule has 0 aromatic heterocycles. The zero-order chi connectivity index (χ0) is 14.7. The van der Waals surface area contributed by atoms with Crippen LogP contribution in [0.25, 0.3) is 0 Å². The highest BCUT2D eigenvalue weighted by Crippen LogP contribution is 2.25. The van der Waals surface area contributed by atoms with Crippen molar-refractivity contribution in [3.05, 3.63) is 33.5 Å². The van der Waals surface area contributed by atoms with Gasteiger partial charge in [-0.15, -0.1) is 0 Å². The standard InChI is InChI=1S/C13H15BrFNO3/c1-7-4-5-9(15)10(11(7)14)12(17)16(3)6-8(2)13(18)19/h4-5,8H,6H2,1-3H3,(H,18,19). The van der Waals surface area contributed by atoms with Gasteiger partial charge in [0.05, 0.1) is 11.5 Å². The third kappa shape index (κ3) is 3.53. The van der Waals surface area contributed by atoms with E-state index in [0.717, 1.165) is 5.56 Å². The van der Waals surface area contributed by atoms with E-state index in [1.165, 1.54) is 24.9 Å². The molecule has 4 nitrogen and oxygen atoms in total. The van der Waals surface area contributed by atoms with E-state index in [9.17, 15) is 14.0 Å². The van der Waals surface area contributed by atoms with Gasteiger partial charge in [0.2, 0.25) is 0 Å². The van der Waals surface area contributed by atoms with Gasteiger partial charge in [0.15, 0.2) is 0 Å². The molecule has 0 aliphatic rings. The fourth-order valence-corrected chi connectivity index (χ4v) is 2.11. The first-order chi connectivity index (χ1) is 8.75. The van der Waals surface area contributed by atoms with Gasteiger partial charge in [-0.05, 0) is 34.5 Å². The maximum Gasteiger partial charge on any atom is 0.308 e. The fourth-order valence-electron chi connectivity index (χ4n) is 1.62. The Morgan fingerprint density at radius 3 is 2.58 bits per heavy atom. The van der Waals surface area contributed by atoms with Gasteiger partial charge in [-0.2, -0.15) is 0 Å². The molecule has 1 aromatic carbocycles. The second kappa shape index (κ2) is 6.14. The highest BCUT2D eigenvalue weighted by atomic mass is 79.9. The van der Waals surface area contributed by atoms with E-state index in [1.807, 2.05) is 0 Å². The van der Waals surface area contributed by atoms with Crippen LogP contribution in [0.5, 0.6) is 0 Å². The second-order valence-corrected chi connectivity index (χ2v) is 5.27. The number of amides is 1. The summed E-state index contributed by atoms with van der Waals surface area (Å²) in [6.45, 7) is 3.27. The van der Waals surface area contributed by atoms with Crippen LogP contribution in [0.1, 0.15) is 22.8 Å². The molecule has 1 aromatic rings. The first-order valence-electron chi connectivity index (χ1n) is 5.68. The lowest BCUT2D eigenvalue weighted by atomic mass is 10.1. The topological polar surface area (TPSA) is 57.6 Å². The van der Waals surface area contributed by atoms with Gasteiger partial charge < -0.3 is 10.0 Å². The van der Waals surface area contributed by atoms with Crippen molar-refractivity contribution < 1.29 is 19.1 Å². The van der Waals surface area contributed by atoms with Gasteiger partial charge in [0.1, 0.15) is 5.82 Å². The highest BCUT2D eigenvalue weighted by Gasteiger charge is 2.23. The molecule has 0 radical (unpaired) electrons. The Bertz CT molecular complexity index is 519. The van der Waals surface area contributed by atoms with Gasteiger partial charge in [0.25, 0.3) is 5.91 Å². The molecule has 6 heteroatoms. The average molecular weight is 332 g/mol. The van der Waals surface area contributed by atoms with Crippen molar-refractivity contribution in [3.63, 3.8) is 0 Å². The van der Waals surface area contributed by atoms with Crippen LogP contribution in [-0.2, 0) is 4.79 Å². The second-order valence-electron chi connectivity index (χ2n) is 4.48. The number of carbonyl (C=O) groups excluding carboxylic acids is 1. The van der Waals surface area contributed by atoms with E-state index in [2.05, 4.69) is 15.9 Å². The molecule has 0 aliphatic carbocycles. The number of hydrogen-bond donors (Lipinski definition) is 1. The van der Waals surface area contributed by atoms with E-state index < -0.39 is 23.6 Å². The van der Waals surface area contributed by atoms with Crippen LogP contribution in [0.3, 0.4) is 0 Å². The van der Waals surface area contributed by atoms with Crippen molar-refractivity contribution in [2.45, 2.75) is 13.8 Å². The van der Waals surface area contributed by atoms with Crippen molar-refractivity contribution in [2.24, 2.45) is 5.92 Å². The molecule has 104 valence electrons. The molecule has 0 fully saturated rings. The Hall–Kier alpha value is -1.43. The van der Waals surface area contributed by atoms with Crippen LogP contribution in [0.4, 0.5) is 4.39 Å². The molecule has 0 bridgehead atoms. The molecule has 1 amide bonds. The molecular formula is C13H15BrFNO3. The summed E-state index contributed by atoms with van der Waals surface area (Å²) in [5.74, 6) is -2.87. The SMILES string of the molecule is Cc1ccc(F)c(C(=O)N(C)CC(C)C(=O)O)c1Br. The summed E-state index contributed by atoms with van der Waals surface area (Å²) >= 11 is 3.19. The molecule has 0 saturated carbocycles. The summed E-state index contributed by atoms with van der Waals surface area (Å²) in [6, 6.07) is 2.79. The number of carboxylic acid groups (broad SMARTS) is 1. The summed E-state index contributed by atoms with van der Waals surface area (Å²) in [7, 11) is 1.45. The molecule has 1 unspecified atom stereocenters. The minimum absolute atomic E-state index is 0.0218. The summed E-state index contributed by atoms with van der Waals surface area (Å²) in [4.78, 5) is 24.1. The van der Waals surface area contributed by atoms with E-state index in [1.54, 1.807) is 13.0 Å². The minimum atomic E-state index is -0.997. The fraction of sp³-hybridized carbons (Fsp3) is 0.385. The van der Waals surface area contributed by atoms with E-state index in [-0.39, 0.29) is 12.1 Å². The minimum Gasteiger partial charge on any atom is -0.481 e. The van der Waals surface area contributed by atoms with Gasteiger partial charge in [-0.1, -0.05) is 13.0 Å². The first-order valence-corrected chi connectivity index (χ1v) is 6.47. The number of aryl methyl sites for hydroxylation is 1. The third-order valence-electron chi connectivity index (χ3n) is 2.81. The van der Waals surface area contributed by atoms with Gasteiger partial charge in [-0.25, -0.2) is 4.39 Å². The van der Waals surface area contributed by atoms with Crippen LogP contribution < -0.4 is 0 Å². The maximum absolute atomic E-state index is 13.7. The Kier molecular flexibility index (Phi) is 5.05. The Morgan fingerprint density at radius 1 is 1.47 bits per heavy atom. The van der Waals surface area contributed by atoms with Crippen molar-refractivity contribution in [1.82, 2.24) is 4.90 Å². The summed E-state index contributed by atoms with van der Waals surface area (Å²) in [5, 5.41) is 8.82. The number of carboxylic acids is 1. The number of carbonyl (C=O) groups is 2. The van der Waals surface area contributed by atoms with Crippen molar-refractivity contribution in [2.75, 3.05) is 13.6 Å². The Labute approximate surface area is 119 Å². The van der Waals surface area contributed by atoms with Crippen molar-refractivity contribution in [1.29, 1.82) is 0 Å². The van der Waals surface area contributed by atoms with Gasteiger partial charge >= 0.3 is 5.97 Å². The number of nitrogens with zero attached hydrogens (tertiary/aromatic N) is 1. The monoisotopic (exact) mass is 331 g/mol. The number of hydrogen-bond acceptors (Lipinski definition) is 2. The molecule has 1 rings (SSSR count). The van der Waals surface area contributed by atoms with E-state index in [4.69, 9.17) is 5.11 Å². The number of aliphatic carboxylic acids is 1. The molecular weight excluding hydrogens is 317 g/mol. The largest absolute Gasteiger partial charge is 0.481 e. The molecule has 0 saturated heterocycles. The van der Waals surface area contributed by atoms with Crippen LogP contribution >= 0.6 is 15.9 Å². The molecule has 1 N–H and O–H groups in total. The highest BCUT2D eigenvalue weighted by molar-refractivity contribution is 9.10. The average Bonchev–Trinajstić information content (AvgIpc) is 2.33. The van der Waals surface area contributed by atoms with E-state index in [0.29, 0.717) is 4.47 Å². The smallest absolute Gasteiger partial charge is 0.308 e. The predicted octanol–water partition coefficient (Wildman–Crippen LogP) is 2.69. The third-order valence-corrected chi connectivity index (χ3v) is 3.84. The molecule has 0 spiro atoms. The lowest BCUT2D eigenvalue weighted by molar-refractivity contribution is -0.141. The zero-order valence-electron chi connectivity index (χ0n) is 10.9. The summed E-state index contributed by atoms with van der Waals surface area (Å²) in [6.07, 6.45) is 0. The predicted molar refractivity (Wildman–Crippen MR) is 72.6 cm³/mol. The van der Waals surface area contributed by atoms with Gasteiger partial charge in [0, 0.05) is 18.1 Å². The van der Waals surface area contributed by atoms with Crippen LogP contribution in [0.15, 0.2) is 16.6 Å². The van der Waals surface area contributed by atoms with Crippen molar-refractivity contribution >= 4 is 27.8 Å². The number of rotatable bonds is 4. The molecule has 19 heavy (non-hydrogen) atoms. The summed E-state index contributed by atoms with van der Waals surface area (Å²) < 4.78 is 14.1. The lowest BCUT2D eigenvalue weighted by Gasteiger charge is -2.20. The summed E-state index contributed by atoms with van der Waals surface area (Å²) in [5.41, 5.74) is 0.671. The van der Waals surface area contributed by atoms with Gasteiger partial charge in [-0.3, -0.25) is 9.59 Å². The normalized spacial score (nSPS) is 12.1. The lowest BCUT2D eigenvalue weighted by Crippen LogP contribution is -2.34. The quantitative estimate of drug-likeness (QED) is 0.922.